The molecule has 0 spiro atoms. The van der Waals surface area contributed by atoms with Gasteiger partial charge in [-0.05, 0) is 19.8 Å². The van der Waals surface area contributed by atoms with E-state index < -0.39 is 0 Å². The van der Waals surface area contributed by atoms with E-state index in [-0.39, 0.29) is 5.91 Å². The third-order valence-electron chi connectivity index (χ3n) is 2.51. The van der Waals surface area contributed by atoms with Crippen LogP contribution in [0.2, 0.25) is 0 Å². The summed E-state index contributed by atoms with van der Waals surface area (Å²) >= 11 is 0. The van der Waals surface area contributed by atoms with Crippen molar-refractivity contribution in [2.24, 2.45) is 0 Å². The van der Waals surface area contributed by atoms with Crippen LogP contribution in [0.15, 0.2) is 0 Å². The lowest BCUT2D eigenvalue weighted by atomic mass is 10.2. The van der Waals surface area contributed by atoms with Crippen molar-refractivity contribution in [1.82, 2.24) is 4.90 Å². The third-order valence-corrected chi connectivity index (χ3v) is 2.51. The predicted octanol–water partition coefficient (Wildman–Crippen LogP) is 1.42. The molecule has 1 fully saturated rings. The molecule has 1 rings (SSSR count). The Kier molecular flexibility index (Phi) is 4.22. The maximum absolute atomic E-state index is 11.5. The van der Waals surface area contributed by atoms with Gasteiger partial charge in [-0.15, -0.1) is 0 Å². The van der Waals surface area contributed by atoms with E-state index in [0.717, 1.165) is 26.0 Å². The molecule has 1 aliphatic heterocycles. The van der Waals surface area contributed by atoms with Crippen LogP contribution >= 0.6 is 0 Å². The molecule has 1 atom stereocenters. The summed E-state index contributed by atoms with van der Waals surface area (Å²) in [6.07, 6.45) is 2.85. The van der Waals surface area contributed by atoms with Crippen molar-refractivity contribution in [2.45, 2.75) is 39.2 Å². The molecule has 13 heavy (non-hydrogen) atoms. The molecule has 1 unspecified atom stereocenters. The molecule has 1 aliphatic rings. The number of ether oxygens (including phenoxy) is 1. The van der Waals surface area contributed by atoms with Gasteiger partial charge in [-0.2, -0.15) is 0 Å². The Morgan fingerprint density at radius 2 is 2.31 bits per heavy atom. The predicted molar refractivity (Wildman–Crippen MR) is 51.5 cm³/mol. The number of hydrogen-bond acceptors (Lipinski definition) is 2. The fourth-order valence-electron chi connectivity index (χ4n) is 1.79. The van der Waals surface area contributed by atoms with Crippen LogP contribution in [0, 0.1) is 0 Å². The molecule has 1 heterocycles. The lowest BCUT2D eigenvalue weighted by molar-refractivity contribution is -0.132. The highest BCUT2D eigenvalue weighted by atomic mass is 16.5. The van der Waals surface area contributed by atoms with Crippen molar-refractivity contribution < 1.29 is 9.53 Å². The van der Waals surface area contributed by atoms with Gasteiger partial charge in [0.25, 0.3) is 0 Å². The molecule has 3 nitrogen and oxygen atoms in total. The SMILES string of the molecule is CCOCC1CCCN1C(=O)CC. The highest BCUT2D eigenvalue weighted by Crippen LogP contribution is 2.18. The Bertz CT molecular complexity index is 170. The van der Waals surface area contributed by atoms with Gasteiger partial charge in [0.05, 0.1) is 12.6 Å². The van der Waals surface area contributed by atoms with Gasteiger partial charge in [-0.25, -0.2) is 0 Å². The standard InChI is InChI=1S/C10H19NO2/c1-3-10(12)11-7-5-6-9(11)8-13-4-2/h9H,3-8H2,1-2H3. The van der Waals surface area contributed by atoms with Crippen LogP contribution in [-0.4, -0.2) is 36.6 Å². The normalized spacial score (nSPS) is 22.3. The van der Waals surface area contributed by atoms with Crippen LogP contribution in [-0.2, 0) is 9.53 Å². The Hall–Kier alpha value is -0.570. The van der Waals surface area contributed by atoms with Crippen LogP contribution in [0.3, 0.4) is 0 Å². The van der Waals surface area contributed by atoms with Crippen LogP contribution in [0.25, 0.3) is 0 Å². The Morgan fingerprint density at radius 1 is 1.54 bits per heavy atom. The number of nitrogens with zero attached hydrogens (tertiary/aromatic N) is 1. The summed E-state index contributed by atoms with van der Waals surface area (Å²) in [4.78, 5) is 13.4. The van der Waals surface area contributed by atoms with Gasteiger partial charge in [0.1, 0.15) is 0 Å². The minimum atomic E-state index is 0.266. The molecule has 1 amide bonds. The minimum absolute atomic E-state index is 0.266. The number of carbonyl (C=O) groups is 1. The minimum Gasteiger partial charge on any atom is -0.380 e. The number of likely N-dealkylation sites (tertiary alicyclic amines) is 1. The quantitative estimate of drug-likeness (QED) is 0.663. The number of amides is 1. The van der Waals surface area contributed by atoms with Gasteiger partial charge in [0.15, 0.2) is 0 Å². The molecule has 0 radical (unpaired) electrons. The zero-order valence-corrected chi connectivity index (χ0v) is 8.58. The average molecular weight is 185 g/mol. The molecule has 0 aromatic heterocycles. The largest absolute Gasteiger partial charge is 0.380 e. The molecule has 1 saturated heterocycles. The van der Waals surface area contributed by atoms with Crippen LogP contribution < -0.4 is 0 Å². The number of carbonyl (C=O) groups excluding carboxylic acids is 1. The number of rotatable bonds is 4. The second-order valence-electron chi connectivity index (χ2n) is 3.40. The maximum Gasteiger partial charge on any atom is 0.222 e. The first-order valence-electron chi connectivity index (χ1n) is 5.16. The Balaban J connectivity index is 2.39. The molecular weight excluding hydrogens is 166 g/mol. The van der Waals surface area contributed by atoms with Crippen LogP contribution in [0.4, 0.5) is 0 Å². The van der Waals surface area contributed by atoms with Gasteiger partial charge in [0, 0.05) is 19.6 Å². The van der Waals surface area contributed by atoms with Crippen molar-refractivity contribution in [2.75, 3.05) is 19.8 Å². The summed E-state index contributed by atoms with van der Waals surface area (Å²) < 4.78 is 5.35. The molecule has 0 aromatic carbocycles. The zero-order chi connectivity index (χ0) is 9.68. The van der Waals surface area contributed by atoms with E-state index in [1.54, 1.807) is 0 Å². The van der Waals surface area contributed by atoms with E-state index in [2.05, 4.69) is 0 Å². The van der Waals surface area contributed by atoms with Crippen molar-refractivity contribution >= 4 is 5.91 Å². The van der Waals surface area contributed by atoms with Crippen molar-refractivity contribution in [3.8, 4) is 0 Å². The summed E-state index contributed by atoms with van der Waals surface area (Å²) in [7, 11) is 0. The zero-order valence-electron chi connectivity index (χ0n) is 8.58. The highest BCUT2D eigenvalue weighted by molar-refractivity contribution is 5.76. The fourth-order valence-corrected chi connectivity index (χ4v) is 1.79. The first-order chi connectivity index (χ1) is 6.29. The summed E-state index contributed by atoms with van der Waals surface area (Å²) in [6.45, 7) is 6.27. The first-order valence-corrected chi connectivity index (χ1v) is 5.16. The summed E-state index contributed by atoms with van der Waals surface area (Å²) in [5.41, 5.74) is 0. The van der Waals surface area contributed by atoms with Crippen molar-refractivity contribution in [3.05, 3.63) is 0 Å². The lowest BCUT2D eigenvalue weighted by Gasteiger charge is -2.23. The molecular formula is C10H19NO2. The second kappa shape index (κ2) is 5.22. The highest BCUT2D eigenvalue weighted by Gasteiger charge is 2.27. The van der Waals surface area contributed by atoms with E-state index in [4.69, 9.17) is 4.74 Å². The van der Waals surface area contributed by atoms with Gasteiger partial charge >= 0.3 is 0 Å². The van der Waals surface area contributed by atoms with Crippen LogP contribution in [0.1, 0.15) is 33.1 Å². The summed E-state index contributed by atoms with van der Waals surface area (Å²) in [5, 5.41) is 0. The molecule has 0 bridgehead atoms. The van der Waals surface area contributed by atoms with E-state index in [0.29, 0.717) is 19.1 Å². The van der Waals surface area contributed by atoms with E-state index in [9.17, 15) is 4.79 Å². The fraction of sp³-hybridized carbons (Fsp3) is 0.900. The summed E-state index contributed by atoms with van der Waals surface area (Å²) in [5.74, 6) is 0.266. The molecule has 3 heteroatoms. The van der Waals surface area contributed by atoms with Crippen LogP contribution in [0.5, 0.6) is 0 Å². The molecule has 0 N–H and O–H groups in total. The van der Waals surface area contributed by atoms with Gasteiger partial charge in [-0.1, -0.05) is 6.92 Å². The third kappa shape index (κ3) is 2.69. The summed E-state index contributed by atoms with van der Waals surface area (Å²) in [6, 6.07) is 0.340. The average Bonchev–Trinajstić information content (AvgIpc) is 2.61. The Labute approximate surface area is 80.1 Å². The lowest BCUT2D eigenvalue weighted by Crippen LogP contribution is -2.37. The molecule has 0 aromatic rings. The molecule has 76 valence electrons. The molecule has 0 saturated carbocycles. The van der Waals surface area contributed by atoms with E-state index >= 15 is 0 Å². The van der Waals surface area contributed by atoms with Gasteiger partial charge in [-0.3, -0.25) is 4.79 Å². The van der Waals surface area contributed by atoms with E-state index in [1.165, 1.54) is 0 Å². The van der Waals surface area contributed by atoms with E-state index in [1.807, 2.05) is 18.7 Å². The second-order valence-corrected chi connectivity index (χ2v) is 3.40. The van der Waals surface area contributed by atoms with Crippen molar-refractivity contribution in [1.29, 1.82) is 0 Å². The Morgan fingerprint density at radius 3 is 2.92 bits per heavy atom. The smallest absolute Gasteiger partial charge is 0.222 e. The molecule has 0 aliphatic carbocycles. The number of hydrogen-bond donors (Lipinski definition) is 0. The first kappa shape index (κ1) is 10.5. The van der Waals surface area contributed by atoms with Gasteiger partial charge in [0.2, 0.25) is 5.91 Å². The van der Waals surface area contributed by atoms with Gasteiger partial charge < -0.3 is 9.64 Å². The van der Waals surface area contributed by atoms with Crippen molar-refractivity contribution in [3.63, 3.8) is 0 Å². The maximum atomic E-state index is 11.5. The topological polar surface area (TPSA) is 29.5 Å². The monoisotopic (exact) mass is 185 g/mol.